The fraction of sp³-hybridized carbons (Fsp3) is 0.833. The van der Waals surface area contributed by atoms with E-state index < -0.39 is 5.60 Å². The molecule has 2 aliphatic heterocycles. The molecule has 2 rings (SSSR count). The molecule has 22 heavy (non-hydrogen) atoms. The fourth-order valence-electron chi connectivity index (χ4n) is 3.67. The molecule has 2 aliphatic rings. The Balaban J connectivity index is 1.97. The summed E-state index contributed by atoms with van der Waals surface area (Å²) in [6.45, 7) is 17.5. The standard InChI is InChI=1S/C18H32BNO2/c1-16(2,3)22-15(21)20-10-8-14(9-11-20)19-12-17(4,5)18(6,7)13-19/h8H,9-13H2,1-7H3. The molecule has 3 nitrogen and oxygen atoms in total. The Morgan fingerprint density at radius 1 is 1.18 bits per heavy atom. The SMILES string of the molecule is CC(C)(C)OC(=O)N1CC=C(B2CC(C)(C)C(C)(C)C2)CC1. The molecule has 0 aromatic heterocycles. The topological polar surface area (TPSA) is 29.5 Å². The van der Waals surface area contributed by atoms with E-state index in [0.29, 0.717) is 24.1 Å². The maximum atomic E-state index is 12.1. The molecule has 0 aliphatic carbocycles. The smallest absolute Gasteiger partial charge is 0.410 e. The van der Waals surface area contributed by atoms with Gasteiger partial charge in [-0.2, -0.15) is 0 Å². The largest absolute Gasteiger partial charge is 0.444 e. The van der Waals surface area contributed by atoms with Gasteiger partial charge in [-0.15, -0.1) is 5.47 Å². The minimum absolute atomic E-state index is 0.185. The zero-order valence-electron chi connectivity index (χ0n) is 15.5. The van der Waals surface area contributed by atoms with E-state index in [2.05, 4.69) is 33.8 Å². The molecule has 0 radical (unpaired) electrons. The first-order valence-electron chi connectivity index (χ1n) is 8.58. The van der Waals surface area contributed by atoms with Gasteiger partial charge in [0, 0.05) is 13.1 Å². The molecule has 0 unspecified atom stereocenters. The third kappa shape index (κ3) is 3.69. The van der Waals surface area contributed by atoms with E-state index in [-0.39, 0.29) is 6.09 Å². The lowest BCUT2D eigenvalue weighted by molar-refractivity contribution is 0.0267. The van der Waals surface area contributed by atoms with Crippen LogP contribution in [0.25, 0.3) is 0 Å². The minimum Gasteiger partial charge on any atom is -0.444 e. The van der Waals surface area contributed by atoms with Crippen molar-refractivity contribution in [1.82, 2.24) is 4.90 Å². The van der Waals surface area contributed by atoms with Gasteiger partial charge in [-0.3, -0.25) is 0 Å². The second-order valence-corrected chi connectivity index (χ2v) is 9.33. The number of nitrogens with zero attached hydrogens (tertiary/aromatic N) is 1. The van der Waals surface area contributed by atoms with E-state index in [1.54, 1.807) is 5.47 Å². The van der Waals surface area contributed by atoms with Crippen LogP contribution >= 0.6 is 0 Å². The van der Waals surface area contributed by atoms with Crippen molar-refractivity contribution in [3.63, 3.8) is 0 Å². The maximum Gasteiger partial charge on any atom is 0.410 e. The Morgan fingerprint density at radius 2 is 1.73 bits per heavy atom. The second-order valence-electron chi connectivity index (χ2n) is 9.33. The van der Waals surface area contributed by atoms with Crippen LogP contribution < -0.4 is 0 Å². The molecular weight excluding hydrogens is 273 g/mol. The van der Waals surface area contributed by atoms with Gasteiger partial charge in [-0.05, 0) is 38.0 Å². The number of ether oxygens (including phenoxy) is 1. The molecule has 0 saturated carbocycles. The Kier molecular flexibility index (Phi) is 4.45. The predicted octanol–water partition coefficient (Wildman–Crippen LogP) is 4.65. The number of amides is 1. The van der Waals surface area contributed by atoms with E-state index in [0.717, 1.165) is 13.0 Å². The van der Waals surface area contributed by atoms with Crippen molar-refractivity contribution in [1.29, 1.82) is 0 Å². The van der Waals surface area contributed by atoms with Gasteiger partial charge in [0.05, 0.1) is 0 Å². The van der Waals surface area contributed by atoms with Crippen LogP contribution in [0.5, 0.6) is 0 Å². The van der Waals surface area contributed by atoms with Crippen molar-refractivity contribution in [3.05, 3.63) is 11.5 Å². The Labute approximate surface area is 136 Å². The number of carbonyl (C=O) groups excluding carboxylic acids is 1. The van der Waals surface area contributed by atoms with Gasteiger partial charge in [-0.25, -0.2) is 4.79 Å². The highest BCUT2D eigenvalue weighted by molar-refractivity contribution is 6.68. The number of carbonyl (C=O) groups is 1. The van der Waals surface area contributed by atoms with Crippen LogP contribution in [0, 0.1) is 10.8 Å². The molecule has 0 aromatic rings. The van der Waals surface area contributed by atoms with Crippen molar-refractivity contribution >= 4 is 12.8 Å². The highest BCUT2D eigenvalue weighted by Gasteiger charge is 2.48. The van der Waals surface area contributed by atoms with Gasteiger partial charge < -0.3 is 9.64 Å². The Morgan fingerprint density at radius 3 is 2.14 bits per heavy atom. The lowest BCUT2D eigenvalue weighted by Gasteiger charge is -2.35. The summed E-state index contributed by atoms with van der Waals surface area (Å²) in [7, 11) is 0. The van der Waals surface area contributed by atoms with Crippen molar-refractivity contribution in [2.24, 2.45) is 10.8 Å². The molecule has 1 saturated heterocycles. The van der Waals surface area contributed by atoms with Crippen LogP contribution in [0.4, 0.5) is 4.79 Å². The van der Waals surface area contributed by atoms with Crippen LogP contribution in [0.3, 0.4) is 0 Å². The number of rotatable bonds is 1. The normalized spacial score (nSPS) is 24.2. The predicted molar refractivity (Wildman–Crippen MR) is 93.4 cm³/mol. The van der Waals surface area contributed by atoms with Crippen LogP contribution in [-0.2, 0) is 4.74 Å². The fourth-order valence-corrected chi connectivity index (χ4v) is 3.67. The van der Waals surface area contributed by atoms with Crippen LogP contribution in [0.2, 0.25) is 12.6 Å². The minimum atomic E-state index is -0.416. The number of hydrogen-bond acceptors (Lipinski definition) is 2. The highest BCUT2D eigenvalue weighted by atomic mass is 16.6. The second kappa shape index (κ2) is 5.61. The lowest BCUT2D eigenvalue weighted by Crippen LogP contribution is -2.40. The van der Waals surface area contributed by atoms with Crippen LogP contribution in [-0.4, -0.2) is 36.4 Å². The maximum absolute atomic E-state index is 12.1. The van der Waals surface area contributed by atoms with E-state index in [9.17, 15) is 4.79 Å². The molecule has 0 aromatic carbocycles. The van der Waals surface area contributed by atoms with E-state index in [1.165, 1.54) is 12.6 Å². The molecule has 4 heteroatoms. The molecule has 1 fully saturated rings. The van der Waals surface area contributed by atoms with Gasteiger partial charge in [0.15, 0.2) is 6.71 Å². The summed E-state index contributed by atoms with van der Waals surface area (Å²) in [5, 5.41) is 0. The summed E-state index contributed by atoms with van der Waals surface area (Å²) < 4.78 is 5.46. The van der Waals surface area contributed by atoms with Crippen molar-refractivity contribution in [3.8, 4) is 0 Å². The molecule has 0 atom stereocenters. The first kappa shape index (κ1) is 17.4. The molecule has 2 heterocycles. The molecular formula is C18H32BNO2. The monoisotopic (exact) mass is 305 g/mol. The summed E-state index contributed by atoms with van der Waals surface area (Å²) in [6, 6.07) is 0. The van der Waals surface area contributed by atoms with Gasteiger partial charge in [0.25, 0.3) is 0 Å². The third-order valence-corrected chi connectivity index (χ3v) is 5.77. The van der Waals surface area contributed by atoms with Crippen LogP contribution in [0.1, 0.15) is 54.9 Å². The van der Waals surface area contributed by atoms with Gasteiger partial charge >= 0.3 is 6.09 Å². The molecule has 0 bridgehead atoms. The summed E-state index contributed by atoms with van der Waals surface area (Å²) in [5.41, 5.74) is 1.92. The summed E-state index contributed by atoms with van der Waals surface area (Å²) in [4.78, 5) is 13.9. The van der Waals surface area contributed by atoms with Gasteiger partial charge in [0.1, 0.15) is 5.60 Å². The lowest BCUT2D eigenvalue weighted by atomic mass is 9.40. The Bertz CT molecular complexity index is 458. The molecule has 1 amide bonds. The number of hydrogen-bond donors (Lipinski definition) is 0. The first-order valence-corrected chi connectivity index (χ1v) is 8.58. The first-order chi connectivity index (χ1) is 9.91. The summed E-state index contributed by atoms with van der Waals surface area (Å²) in [5.74, 6) is 0. The summed E-state index contributed by atoms with van der Waals surface area (Å²) >= 11 is 0. The summed E-state index contributed by atoms with van der Waals surface area (Å²) in [6.07, 6.45) is 5.61. The highest BCUT2D eigenvalue weighted by Crippen LogP contribution is 2.54. The van der Waals surface area contributed by atoms with E-state index >= 15 is 0 Å². The molecule has 0 N–H and O–H groups in total. The van der Waals surface area contributed by atoms with E-state index in [1.807, 2.05) is 25.7 Å². The van der Waals surface area contributed by atoms with Crippen LogP contribution in [0.15, 0.2) is 11.5 Å². The molecule has 124 valence electrons. The van der Waals surface area contributed by atoms with Crippen molar-refractivity contribution in [2.75, 3.05) is 13.1 Å². The quantitative estimate of drug-likeness (QED) is 0.660. The van der Waals surface area contributed by atoms with Gasteiger partial charge in [-0.1, -0.05) is 46.4 Å². The van der Waals surface area contributed by atoms with Crippen molar-refractivity contribution in [2.45, 2.75) is 73.1 Å². The third-order valence-electron chi connectivity index (χ3n) is 5.77. The van der Waals surface area contributed by atoms with E-state index in [4.69, 9.17) is 4.74 Å². The zero-order chi connectivity index (χ0) is 16.8. The van der Waals surface area contributed by atoms with Gasteiger partial charge in [0.2, 0.25) is 0 Å². The zero-order valence-corrected chi connectivity index (χ0v) is 15.5. The average molecular weight is 305 g/mol. The Hall–Kier alpha value is -0.925. The average Bonchev–Trinajstić information content (AvgIpc) is 2.56. The molecule has 0 spiro atoms. The van der Waals surface area contributed by atoms with Crippen molar-refractivity contribution < 1.29 is 9.53 Å².